The van der Waals surface area contributed by atoms with Gasteiger partial charge in [0.1, 0.15) is 23.9 Å². The molecule has 4 rings (SSSR count). The van der Waals surface area contributed by atoms with Gasteiger partial charge in [-0.3, -0.25) is 0 Å². The van der Waals surface area contributed by atoms with Gasteiger partial charge in [0.05, 0.1) is 12.3 Å². The van der Waals surface area contributed by atoms with Crippen molar-refractivity contribution < 1.29 is 13.9 Å². The molecule has 1 radical (unpaired) electrons. The van der Waals surface area contributed by atoms with Crippen LogP contribution in [0.5, 0.6) is 11.5 Å². The third-order valence-electron chi connectivity index (χ3n) is 4.82. The summed E-state index contributed by atoms with van der Waals surface area (Å²) >= 11 is 0. The summed E-state index contributed by atoms with van der Waals surface area (Å²) in [6.45, 7) is 4.92. The molecular formula is C26H24NO3. The predicted octanol–water partition coefficient (Wildman–Crippen LogP) is 5.96. The van der Waals surface area contributed by atoms with Gasteiger partial charge in [-0.1, -0.05) is 48.5 Å². The Balaban J connectivity index is 1.33. The molecule has 151 valence electrons. The van der Waals surface area contributed by atoms with Gasteiger partial charge in [0, 0.05) is 23.6 Å². The molecule has 30 heavy (non-hydrogen) atoms. The number of oxazole rings is 1. The van der Waals surface area contributed by atoms with Crippen LogP contribution >= 0.6 is 0 Å². The fourth-order valence-corrected chi connectivity index (χ4v) is 3.16. The minimum Gasteiger partial charge on any atom is -0.493 e. The van der Waals surface area contributed by atoms with Crippen molar-refractivity contribution in [2.75, 3.05) is 6.61 Å². The average molecular weight is 398 g/mol. The van der Waals surface area contributed by atoms with Crippen molar-refractivity contribution in [3.63, 3.8) is 0 Å². The Labute approximate surface area is 177 Å². The summed E-state index contributed by atoms with van der Waals surface area (Å²) in [5, 5.41) is 0. The molecule has 4 aromatic rings. The van der Waals surface area contributed by atoms with E-state index in [0.717, 1.165) is 33.9 Å². The largest absolute Gasteiger partial charge is 0.493 e. The number of rotatable bonds is 8. The summed E-state index contributed by atoms with van der Waals surface area (Å²) in [6, 6.07) is 27.0. The molecule has 0 saturated carbocycles. The molecule has 1 aromatic heterocycles. The molecule has 0 aliphatic heterocycles. The smallest absolute Gasteiger partial charge is 0.226 e. The number of ether oxygens (including phenoxy) is 2. The Bertz CT molecular complexity index is 1100. The SMILES string of the molecule is Cc1ccccc1OCc1[c]c(OCCc2nc(-c3ccccc3)oc2C)ccc1. The molecule has 0 amide bonds. The maximum absolute atomic E-state index is 5.90. The van der Waals surface area contributed by atoms with E-state index in [-0.39, 0.29) is 0 Å². The van der Waals surface area contributed by atoms with Crippen LogP contribution in [0.3, 0.4) is 0 Å². The van der Waals surface area contributed by atoms with Gasteiger partial charge >= 0.3 is 0 Å². The van der Waals surface area contributed by atoms with Crippen molar-refractivity contribution in [1.29, 1.82) is 0 Å². The first kappa shape index (κ1) is 19.8. The second kappa shape index (κ2) is 9.31. The zero-order chi connectivity index (χ0) is 20.8. The highest BCUT2D eigenvalue weighted by molar-refractivity contribution is 5.53. The summed E-state index contributed by atoms with van der Waals surface area (Å²) in [5.74, 6) is 3.05. The minimum absolute atomic E-state index is 0.449. The minimum atomic E-state index is 0.449. The van der Waals surface area contributed by atoms with Crippen LogP contribution in [0.15, 0.2) is 77.2 Å². The first-order valence-corrected chi connectivity index (χ1v) is 10.0. The standard InChI is InChI=1S/C26H24NO3/c1-19-9-6-7-14-25(19)29-18-21-10-8-13-23(17-21)28-16-15-24-20(2)30-26(27-24)22-11-4-3-5-12-22/h3-14H,15-16,18H2,1-2H3. The van der Waals surface area contributed by atoms with Crippen LogP contribution in [0.2, 0.25) is 0 Å². The maximum Gasteiger partial charge on any atom is 0.226 e. The Morgan fingerprint density at radius 3 is 2.50 bits per heavy atom. The summed E-state index contributed by atoms with van der Waals surface area (Å²) in [4.78, 5) is 4.62. The lowest BCUT2D eigenvalue weighted by molar-refractivity contribution is 0.298. The van der Waals surface area contributed by atoms with E-state index >= 15 is 0 Å². The van der Waals surface area contributed by atoms with E-state index in [9.17, 15) is 0 Å². The number of hydrogen-bond donors (Lipinski definition) is 0. The van der Waals surface area contributed by atoms with Crippen LogP contribution in [0, 0.1) is 19.9 Å². The molecule has 3 aromatic carbocycles. The second-order valence-corrected chi connectivity index (χ2v) is 7.08. The van der Waals surface area contributed by atoms with E-state index in [1.54, 1.807) is 0 Å². The van der Waals surface area contributed by atoms with Gasteiger partial charge < -0.3 is 13.9 Å². The summed E-state index contributed by atoms with van der Waals surface area (Å²) in [6.07, 6.45) is 0.667. The van der Waals surface area contributed by atoms with Crippen LogP contribution in [-0.2, 0) is 13.0 Å². The van der Waals surface area contributed by atoms with E-state index in [1.807, 2.05) is 86.6 Å². The zero-order valence-corrected chi connectivity index (χ0v) is 17.2. The Morgan fingerprint density at radius 1 is 0.867 bits per heavy atom. The number of nitrogens with zero attached hydrogens (tertiary/aromatic N) is 1. The van der Waals surface area contributed by atoms with Crippen molar-refractivity contribution >= 4 is 0 Å². The molecule has 4 nitrogen and oxygen atoms in total. The topological polar surface area (TPSA) is 44.5 Å². The van der Waals surface area contributed by atoms with Gasteiger partial charge in [-0.25, -0.2) is 4.98 Å². The van der Waals surface area contributed by atoms with Gasteiger partial charge in [0.25, 0.3) is 0 Å². The first-order chi connectivity index (χ1) is 14.7. The number of para-hydroxylation sites is 1. The van der Waals surface area contributed by atoms with Crippen LogP contribution in [0.4, 0.5) is 0 Å². The Kier molecular flexibility index (Phi) is 6.14. The quantitative estimate of drug-likeness (QED) is 0.367. The zero-order valence-electron chi connectivity index (χ0n) is 17.2. The number of benzene rings is 3. The Morgan fingerprint density at radius 2 is 1.67 bits per heavy atom. The molecule has 4 heteroatoms. The molecule has 0 spiro atoms. The van der Waals surface area contributed by atoms with Crippen molar-refractivity contribution in [1.82, 2.24) is 4.98 Å². The predicted molar refractivity (Wildman–Crippen MR) is 117 cm³/mol. The van der Waals surface area contributed by atoms with Crippen molar-refractivity contribution in [2.45, 2.75) is 26.9 Å². The molecule has 0 unspecified atom stereocenters. The molecule has 0 fully saturated rings. The van der Waals surface area contributed by atoms with Gasteiger partial charge in [-0.05, 0) is 43.7 Å². The molecule has 0 saturated heterocycles. The maximum atomic E-state index is 5.90. The lowest BCUT2D eigenvalue weighted by Gasteiger charge is -2.10. The van der Waals surface area contributed by atoms with Gasteiger partial charge in [-0.2, -0.15) is 0 Å². The number of aryl methyl sites for hydroxylation is 2. The highest BCUT2D eigenvalue weighted by Gasteiger charge is 2.11. The average Bonchev–Trinajstić information content (AvgIpc) is 3.15. The van der Waals surface area contributed by atoms with E-state index < -0.39 is 0 Å². The van der Waals surface area contributed by atoms with Crippen LogP contribution in [0.1, 0.15) is 22.6 Å². The van der Waals surface area contributed by atoms with Gasteiger partial charge in [0.2, 0.25) is 5.89 Å². The monoisotopic (exact) mass is 398 g/mol. The number of aromatic nitrogens is 1. The highest BCUT2D eigenvalue weighted by atomic mass is 16.5. The van der Waals surface area contributed by atoms with E-state index in [1.165, 1.54) is 0 Å². The van der Waals surface area contributed by atoms with Crippen molar-refractivity contribution in [3.05, 3.63) is 101 Å². The van der Waals surface area contributed by atoms with Crippen molar-refractivity contribution in [3.8, 4) is 23.0 Å². The first-order valence-electron chi connectivity index (χ1n) is 10.0. The molecule has 0 aliphatic carbocycles. The molecule has 0 N–H and O–H groups in total. The third kappa shape index (κ3) is 4.90. The molecule has 0 atom stereocenters. The van der Waals surface area contributed by atoms with Crippen LogP contribution in [0.25, 0.3) is 11.5 Å². The highest BCUT2D eigenvalue weighted by Crippen LogP contribution is 2.22. The van der Waals surface area contributed by atoms with Gasteiger partial charge in [-0.15, -0.1) is 0 Å². The molecule has 1 heterocycles. The van der Waals surface area contributed by atoms with E-state index in [2.05, 4.69) is 11.1 Å². The summed E-state index contributed by atoms with van der Waals surface area (Å²) in [7, 11) is 0. The molecule has 0 bridgehead atoms. The fourth-order valence-electron chi connectivity index (χ4n) is 3.16. The lowest BCUT2D eigenvalue weighted by atomic mass is 10.2. The van der Waals surface area contributed by atoms with E-state index in [4.69, 9.17) is 13.9 Å². The second-order valence-electron chi connectivity index (χ2n) is 7.08. The fraction of sp³-hybridized carbons (Fsp3) is 0.192. The van der Waals surface area contributed by atoms with Crippen molar-refractivity contribution in [2.24, 2.45) is 0 Å². The summed E-state index contributed by atoms with van der Waals surface area (Å²) in [5.41, 5.74) is 3.94. The lowest BCUT2D eigenvalue weighted by Crippen LogP contribution is -2.04. The normalized spacial score (nSPS) is 10.7. The Hall–Kier alpha value is -3.53. The van der Waals surface area contributed by atoms with Gasteiger partial charge in [0.15, 0.2) is 0 Å². The third-order valence-corrected chi connectivity index (χ3v) is 4.82. The van der Waals surface area contributed by atoms with Crippen LogP contribution in [-0.4, -0.2) is 11.6 Å². The van der Waals surface area contributed by atoms with Crippen LogP contribution < -0.4 is 9.47 Å². The molecule has 0 aliphatic rings. The molecular weight excluding hydrogens is 374 g/mol. The van der Waals surface area contributed by atoms with E-state index in [0.29, 0.717) is 31.3 Å². The number of hydrogen-bond acceptors (Lipinski definition) is 4. The summed E-state index contributed by atoms with van der Waals surface area (Å²) < 4.78 is 17.6.